The molecule has 0 aliphatic heterocycles. The first-order valence-electron chi connectivity index (χ1n) is 2.10. The Bertz CT molecular complexity index is 98.7. The van der Waals surface area contributed by atoms with Crippen molar-refractivity contribution in [3.05, 3.63) is 0 Å². The fraction of sp³-hybridized carbons (Fsp3) is 1.00. The van der Waals surface area contributed by atoms with Crippen LogP contribution in [0.3, 0.4) is 0 Å². The Balaban J connectivity index is 3.26. The van der Waals surface area contributed by atoms with Crippen molar-refractivity contribution in [3.63, 3.8) is 0 Å². The zero-order chi connectivity index (χ0) is 6.62. The van der Waals surface area contributed by atoms with Gasteiger partial charge in [0.05, 0.1) is 6.61 Å². The molecule has 0 spiro atoms. The molecule has 0 radical (unpaired) electrons. The maximum Gasteiger partial charge on any atom is 0.185 e. The maximum absolute atomic E-state index is 8.55. The fourth-order valence-corrected chi connectivity index (χ4v) is 0.854. The van der Waals surface area contributed by atoms with Gasteiger partial charge in [0.15, 0.2) is 6.49 Å². The number of rotatable bonds is 3. The Morgan fingerprint density at radius 1 is 1.62 bits per heavy atom. The van der Waals surface area contributed by atoms with Gasteiger partial charge in [0.1, 0.15) is 0 Å². The topological polar surface area (TPSA) is 49.7 Å². The summed E-state index contributed by atoms with van der Waals surface area (Å²) in [6.07, 6.45) is 0.179. The molecule has 0 atom stereocenters. The monoisotopic (exact) mass is 156 g/mol. The van der Waals surface area contributed by atoms with Crippen molar-refractivity contribution in [1.82, 2.24) is 0 Å². The van der Waals surface area contributed by atoms with Gasteiger partial charge < -0.3 is 14.5 Å². The summed E-state index contributed by atoms with van der Waals surface area (Å²) >= 11 is 4.29. The van der Waals surface area contributed by atoms with Crippen LogP contribution < -0.4 is 0 Å². The highest BCUT2D eigenvalue weighted by Gasteiger charge is 2.04. The number of ether oxygens (including phenoxy) is 1. The number of methoxy groups -OCH3 is 1. The molecule has 0 heterocycles. The minimum atomic E-state index is -2.97. The summed E-state index contributed by atoms with van der Waals surface area (Å²) in [6.45, 7) is -2.65. The Hall–Kier alpha value is 0.530. The van der Waals surface area contributed by atoms with Crippen LogP contribution in [0, 0.1) is 0 Å². The average molecular weight is 156 g/mol. The quantitative estimate of drug-likeness (QED) is 0.561. The first-order valence-corrected chi connectivity index (χ1v) is 4.99. The molecular weight excluding hydrogens is 147 g/mol. The SMILES string of the molecule is COCCP(O)(O)=S. The molecule has 0 unspecified atom stereocenters. The van der Waals surface area contributed by atoms with Crippen LogP contribution in [-0.2, 0) is 16.5 Å². The molecule has 0 aliphatic carbocycles. The molecule has 2 N–H and O–H groups in total. The molecule has 0 saturated heterocycles. The molecule has 3 nitrogen and oxygen atoms in total. The Labute approximate surface area is 53.5 Å². The minimum Gasteiger partial charge on any atom is -0.384 e. The minimum absolute atomic E-state index is 0.179. The van der Waals surface area contributed by atoms with E-state index in [1.807, 2.05) is 0 Å². The summed E-state index contributed by atoms with van der Waals surface area (Å²) < 4.78 is 4.56. The Morgan fingerprint density at radius 3 is 2.25 bits per heavy atom. The van der Waals surface area contributed by atoms with E-state index >= 15 is 0 Å². The van der Waals surface area contributed by atoms with Gasteiger partial charge in [0, 0.05) is 13.3 Å². The standard InChI is InChI=1S/C3H9O3PS/c1-6-2-3-7(4,5)8/h2-3H2,1H3,(H2,4,5,8). The molecule has 0 aromatic heterocycles. The van der Waals surface area contributed by atoms with Gasteiger partial charge in [0.25, 0.3) is 0 Å². The molecule has 0 aliphatic rings. The normalized spacial score (nSPS) is 11.9. The van der Waals surface area contributed by atoms with Crippen LogP contribution in [0.1, 0.15) is 0 Å². The van der Waals surface area contributed by atoms with Gasteiger partial charge in [-0.1, -0.05) is 0 Å². The highest BCUT2D eigenvalue weighted by molar-refractivity contribution is 8.09. The molecule has 0 rings (SSSR count). The van der Waals surface area contributed by atoms with Gasteiger partial charge >= 0.3 is 0 Å². The van der Waals surface area contributed by atoms with Gasteiger partial charge in [0.2, 0.25) is 0 Å². The summed E-state index contributed by atoms with van der Waals surface area (Å²) in [5.41, 5.74) is 0. The van der Waals surface area contributed by atoms with Crippen LogP contribution >= 0.6 is 6.49 Å². The van der Waals surface area contributed by atoms with Gasteiger partial charge in [-0.05, 0) is 11.8 Å². The second kappa shape index (κ2) is 3.54. The van der Waals surface area contributed by atoms with E-state index in [1.165, 1.54) is 7.11 Å². The third-order valence-corrected chi connectivity index (χ3v) is 1.90. The lowest BCUT2D eigenvalue weighted by molar-refractivity contribution is 0.214. The molecule has 0 saturated carbocycles. The second-order valence-electron chi connectivity index (χ2n) is 1.38. The average Bonchev–Trinajstić information content (AvgIpc) is 1.59. The van der Waals surface area contributed by atoms with E-state index in [2.05, 4.69) is 16.5 Å². The van der Waals surface area contributed by atoms with Crippen LogP contribution in [0.2, 0.25) is 0 Å². The van der Waals surface area contributed by atoms with Crippen molar-refractivity contribution in [2.75, 3.05) is 19.9 Å². The molecule has 0 amide bonds. The first-order chi connectivity index (χ1) is 3.56. The lowest BCUT2D eigenvalue weighted by atomic mass is 10.9. The smallest absolute Gasteiger partial charge is 0.185 e. The van der Waals surface area contributed by atoms with Crippen molar-refractivity contribution in [2.45, 2.75) is 0 Å². The first kappa shape index (κ1) is 8.53. The van der Waals surface area contributed by atoms with Crippen molar-refractivity contribution >= 4 is 18.3 Å². The van der Waals surface area contributed by atoms with Crippen LogP contribution in [0.25, 0.3) is 0 Å². The zero-order valence-corrected chi connectivity index (χ0v) is 6.28. The van der Waals surface area contributed by atoms with Crippen molar-refractivity contribution < 1.29 is 14.5 Å². The van der Waals surface area contributed by atoms with Crippen LogP contribution in [0.15, 0.2) is 0 Å². The lowest BCUT2D eigenvalue weighted by Gasteiger charge is -2.03. The van der Waals surface area contributed by atoms with E-state index in [0.717, 1.165) is 0 Å². The second-order valence-corrected chi connectivity index (χ2v) is 4.91. The van der Waals surface area contributed by atoms with Crippen molar-refractivity contribution in [2.24, 2.45) is 0 Å². The van der Waals surface area contributed by atoms with Crippen molar-refractivity contribution in [3.8, 4) is 0 Å². The predicted molar refractivity (Wildman–Crippen MR) is 35.5 cm³/mol. The lowest BCUT2D eigenvalue weighted by Crippen LogP contribution is -1.95. The van der Waals surface area contributed by atoms with Gasteiger partial charge in [-0.2, -0.15) is 0 Å². The van der Waals surface area contributed by atoms with Gasteiger partial charge in [-0.15, -0.1) is 0 Å². The highest BCUT2D eigenvalue weighted by atomic mass is 32.5. The van der Waals surface area contributed by atoms with E-state index in [-0.39, 0.29) is 6.16 Å². The zero-order valence-electron chi connectivity index (χ0n) is 4.57. The molecular formula is C3H9O3PS. The van der Waals surface area contributed by atoms with Crippen LogP contribution in [-0.4, -0.2) is 29.7 Å². The third kappa shape index (κ3) is 6.53. The molecule has 0 aromatic carbocycles. The summed E-state index contributed by atoms with van der Waals surface area (Å²) in [4.78, 5) is 17.1. The third-order valence-electron chi connectivity index (χ3n) is 0.587. The summed E-state index contributed by atoms with van der Waals surface area (Å²) in [6, 6.07) is 0. The Kier molecular flexibility index (Phi) is 3.77. The van der Waals surface area contributed by atoms with Crippen LogP contribution in [0.5, 0.6) is 0 Å². The fourth-order valence-electron chi connectivity index (χ4n) is 0.210. The largest absolute Gasteiger partial charge is 0.384 e. The van der Waals surface area contributed by atoms with Crippen molar-refractivity contribution in [1.29, 1.82) is 0 Å². The summed E-state index contributed by atoms with van der Waals surface area (Å²) in [5, 5.41) is 0. The van der Waals surface area contributed by atoms with Gasteiger partial charge in [-0.3, -0.25) is 0 Å². The predicted octanol–water partition coefficient (Wildman–Crippen LogP) is -0.0731. The Morgan fingerprint density at radius 2 is 2.12 bits per heavy atom. The molecule has 5 heteroatoms. The summed E-state index contributed by atoms with van der Waals surface area (Å²) in [7, 11) is 1.49. The summed E-state index contributed by atoms with van der Waals surface area (Å²) in [5.74, 6) is 0. The van der Waals surface area contributed by atoms with E-state index in [4.69, 9.17) is 9.79 Å². The molecule has 0 bridgehead atoms. The number of hydrogen-bond donors (Lipinski definition) is 2. The molecule has 0 aromatic rings. The van der Waals surface area contributed by atoms with E-state index in [1.54, 1.807) is 0 Å². The molecule has 8 heavy (non-hydrogen) atoms. The number of hydrogen-bond acceptors (Lipinski definition) is 2. The molecule has 50 valence electrons. The maximum atomic E-state index is 8.55. The van der Waals surface area contributed by atoms with Crippen LogP contribution in [0.4, 0.5) is 0 Å². The molecule has 0 fully saturated rings. The highest BCUT2D eigenvalue weighted by Crippen LogP contribution is 2.33. The van der Waals surface area contributed by atoms with E-state index in [9.17, 15) is 0 Å². The van der Waals surface area contributed by atoms with E-state index < -0.39 is 6.49 Å². The van der Waals surface area contributed by atoms with E-state index in [0.29, 0.717) is 6.61 Å². The van der Waals surface area contributed by atoms with Gasteiger partial charge in [-0.25, -0.2) is 0 Å².